The maximum Gasteiger partial charge on any atom is 0.319 e. The van der Waals surface area contributed by atoms with Crippen LogP contribution < -0.4 is 21.1 Å². The molecule has 124 valence electrons. The second-order valence-corrected chi connectivity index (χ2v) is 6.73. The van der Waals surface area contributed by atoms with E-state index in [1.807, 2.05) is 39.0 Å². The molecular weight excluding hydrogens is 278 g/mol. The predicted octanol–water partition coefficient (Wildman–Crippen LogP) is 3.46. The van der Waals surface area contributed by atoms with E-state index in [9.17, 15) is 4.79 Å². The molecule has 4 N–H and O–H groups in total. The number of benzene rings is 1. The highest BCUT2D eigenvalue weighted by Gasteiger charge is 2.15. The summed E-state index contributed by atoms with van der Waals surface area (Å²) >= 11 is 0. The van der Waals surface area contributed by atoms with Crippen LogP contribution in [0.1, 0.15) is 52.5 Å². The van der Waals surface area contributed by atoms with Crippen LogP contribution in [0.15, 0.2) is 18.2 Å². The van der Waals surface area contributed by atoms with E-state index in [0.717, 1.165) is 6.42 Å². The summed E-state index contributed by atoms with van der Waals surface area (Å²) in [5, 5.41) is 5.73. The minimum Gasteiger partial charge on any atom is -0.491 e. The summed E-state index contributed by atoms with van der Waals surface area (Å²) in [6.07, 6.45) is 0.777. The van der Waals surface area contributed by atoms with Crippen molar-refractivity contribution in [1.82, 2.24) is 5.32 Å². The fraction of sp³-hybridized carbons (Fsp3) is 0.588. The van der Waals surface area contributed by atoms with Crippen molar-refractivity contribution in [3.63, 3.8) is 0 Å². The summed E-state index contributed by atoms with van der Waals surface area (Å²) in [6.45, 7) is 11.2. The number of anilines is 1. The first kappa shape index (κ1) is 18.3. The van der Waals surface area contributed by atoms with Crippen molar-refractivity contribution >= 4 is 11.7 Å². The van der Waals surface area contributed by atoms with Crippen LogP contribution in [0.3, 0.4) is 0 Å². The molecular formula is C17H29N3O2. The summed E-state index contributed by atoms with van der Waals surface area (Å²) < 4.78 is 5.78. The van der Waals surface area contributed by atoms with Crippen LogP contribution in [-0.2, 0) is 0 Å². The number of hydrogen-bond donors (Lipinski definition) is 3. The van der Waals surface area contributed by atoms with E-state index in [1.54, 1.807) is 0 Å². The summed E-state index contributed by atoms with van der Waals surface area (Å²) in [6, 6.07) is 5.63. The molecule has 0 aliphatic carbocycles. The molecule has 0 aromatic heterocycles. The van der Waals surface area contributed by atoms with Crippen molar-refractivity contribution in [1.29, 1.82) is 0 Å². The molecule has 0 fully saturated rings. The molecule has 0 aliphatic heterocycles. The lowest BCUT2D eigenvalue weighted by Gasteiger charge is -2.22. The Morgan fingerprint density at radius 1 is 1.32 bits per heavy atom. The van der Waals surface area contributed by atoms with Crippen LogP contribution >= 0.6 is 0 Å². The lowest BCUT2D eigenvalue weighted by atomic mass is 10.0. The number of amides is 2. The zero-order valence-electron chi connectivity index (χ0n) is 14.3. The first-order chi connectivity index (χ1) is 10.2. The van der Waals surface area contributed by atoms with E-state index in [-0.39, 0.29) is 11.6 Å². The molecule has 0 radical (unpaired) electrons. The van der Waals surface area contributed by atoms with Crippen molar-refractivity contribution in [2.75, 3.05) is 18.5 Å². The van der Waals surface area contributed by atoms with Gasteiger partial charge in [0.05, 0.1) is 12.3 Å². The van der Waals surface area contributed by atoms with Crippen molar-refractivity contribution in [2.24, 2.45) is 5.73 Å². The molecule has 0 spiro atoms. The largest absolute Gasteiger partial charge is 0.491 e. The first-order valence-corrected chi connectivity index (χ1v) is 7.79. The topological polar surface area (TPSA) is 76.4 Å². The molecule has 1 rings (SSSR count). The molecule has 5 nitrogen and oxygen atoms in total. The summed E-state index contributed by atoms with van der Waals surface area (Å²) in [5.74, 6) is 1.08. The summed E-state index contributed by atoms with van der Waals surface area (Å²) in [7, 11) is 0. The minimum absolute atomic E-state index is 0.242. The number of hydrogen-bond acceptors (Lipinski definition) is 3. The highest BCUT2D eigenvalue weighted by atomic mass is 16.5. The second kappa shape index (κ2) is 8.03. The van der Waals surface area contributed by atoms with Gasteiger partial charge in [0, 0.05) is 5.54 Å². The lowest BCUT2D eigenvalue weighted by molar-refractivity contribution is 0.243. The van der Waals surface area contributed by atoms with E-state index in [4.69, 9.17) is 10.5 Å². The molecule has 5 heteroatoms. The Balaban J connectivity index is 2.89. The van der Waals surface area contributed by atoms with Crippen LogP contribution in [0.2, 0.25) is 0 Å². The van der Waals surface area contributed by atoms with Gasteiger partial charge in [0.1, 0.15) is 5.75 Å². The van der Waals surface area contributed by atoms with Gasteiger partial charge in [-0.1, -0.05) is 19.9 Å². The average molecular weight is 307 g/mol. The predicted molar refractivity (Wildman–Crippen MR) is 91.6 cm³/mol. The number of rotatable bonds is 6. The van der Waals surface area contributed by atoms with Gasteiger partial charge in [0.25, 0.3) is 0 Å². The number of carbonyl (C=O) groups excluding carboxylic acids is 1. The zero-order valence-corrected chi connectivity index (χ0v) is 14.3. The third-order valence-corrected chi connectivity index (χ3v) is 3.02. The quantitative estimate of drug-likeness (QED) is 0.704. The van der Waals surface area contributed by atoms with Crippen LogP contribution in [-0.4, -0.2) is 24.7 Å². The van der Waals surface area contributed by atoms with Gasteiger partial charge in [0.2, 0.25) is 0 Å². The molecule has 0 aliphatic rings. The maximum absolute atomic E-state index is 12.0. The van der Waals surface area contributed by atoms with Gasteiger partial charge in [0.15, 0.2) is 0 Å². The maximum atomic E-state index is 12.0. The summed E-state index contributed by atoms with van der Waals surface area (Å²) in [4.78, 5) is 12.0. The first-order valence-electron chi connectivity index (χ1n) is 7.79. The van der Waals surface area contributed by atoms with Crippen LogP contribution in [0.25, 0.3) is 0 Å². The zero-order chi connectivity index (χ0) is 16.8. The number of urea groups is 1. The fourth-order valence-electron chi connectivity index (χ4n) is 1.88. The van der Waals surface area contributed by atoms with Gasteiger partial charge in [-0.25, -0.2) is 4.79 Å². The second-order valence-electron chi connectivity index (χ2n) is 6.73. The van der Waals surface area contributed by atoms with E-state index >= 15 is 0 Å². The number of nitrogens with one attached hydrogen (secondary N) is 2. The van der Waals surface area contributed by atoms with Crippen molar-refractivity contribution < 1.29 is 9.53 Å². The van der Waals surface area contributed by atoms with E-state index in [1.165, 1.54) is 5.56 Å². The molecule has 0 saturated heterocycles. The van der Waals surface area contributed by atoms with Gasteiger partial charge in [-0.05, 0) is 57.4 Å². The number of nitrogens with two attached hydrogens (primary N) is 1. The van der Waals surface area contributed by atoms with Crippen LogP contribution in [0, 0.1) is 0 Å². The molecule has 1 aromatic rings. The van der Waals surface area contributed by atoms with Crippen molar-refractivity contribution in [2.45, 2.75) is 52.5 Å². The molecule has 2 amide bonds. The fourth-order valence-corrected chi connectivity index (χ4v) is 1.88. The third-order valence-electron chi connectivity index (χ3n) is 3.02. The molecule has 22 heavy (non-hydrogen) atoms. The molecule has 0 heterocycles. The Morgan fingerprint density at radius 3 is 2.55 bits per heavy atom. The van der Waals surface area contributed by atoms with Gasteiger partial charge in [-0.2, -0.15) is 0 Å². The molecule has 0 bridgehead atoms. The third kappa shape index (κ3) is 6.35. The Labute approximate surface area is 133 Å². The normalized spacial score (nSPS) is 11.4. The van der Waals surface area contributed by atoms with Gasteiger partial charge >= 0.3 is 6.03 Å². The Bertz CT molecular complexity index is 493. The minimum atomic E-state index is -0.289. The Hall–Kier alpha value is -1.75. The van der Waals surface area contributed by atoms with E-state index < -0.39 is 0 Å². The molecule has 0 unspecified atom stereocenters. The molecule has 0 atom stereocenters. The standard InChI is InChI=1S/C17H29N3O2/c1-12(2)13-7-8-14(15(11-13)22-10-6-9-18)19-16(21)20-17(3,4)5/h7-8,11-12H,6,9-10,18H2,1-5H3,(H2,19,20,21). The smallest absolute Gasteiger partial charge is 0.319 e. The van der Waals surface area contributed by atoms with Crippen LogP contribution in [0.5, 0.6) is 5.75 Å². The van der Waals surface area contributed by atoms with Gasteiger partial charge < -0.3 is 21.1 Å². The van der Waals surface area contributed by atoms with Crippen LogP contribution in [0.4, 0.5) is 10.5 Å². The Morgan fingerprint density at radius 2 is 2.00 bits per heavy atom. The van der Waals surface area contributed by atoms with Gasteiger partial charge in [-0.15, -0.1) is 0 Å². The van der Waals surface area contributed by atoms with E-state index in [2.05, 4.69) is 24.5 Å². The van der Waals surface area contributed by atoms with Gasteiger partial charge in [-0.3, -0.25) is 0 Å². The Kier molecular flexibility index (Phi) is 6.68. The van der Waals surface area contributed by atoms with Crippen molar-refractivity contribution in [3.05, 3.63) is 23.8 Å². The van der Waals surface area contributed by atoms with Crippen molar-refractivity contribution in [3.8, 4) is 5.75 Å². The lowest BCUT2D eigenvalue weighted by Crippen LogP contribution is -2.43. The monoisotopic (exact) mass is 307 g/mol. The SMILES string of the molecule is CC(C)c1ccc(NC(=O)NC(C)(C)C)c(OCCCN)c1. The van der Waals surface area contributed by atoms with E-state index in [0.29, 0.717) is 30.5 Å². The highest BCUT2D eigenvalue weighted by molar-refractivity contribution is 5.91. The number of carbonyl (C=O) groups is 1. The summed E-state index contributed by atoms with van der Waals surface area (Å²) in [5.41, 5.74) is 7.05. The highest BCUT2D eigenvalue weighted by Crippen LogP contribution is 2.29. The molecule has 1 aromatic carbocycles. The number of ether oxygens (including phenoxy) is 1. The average Bonchev–Trinajstić information content (AvgIpc) is 2.38. The molecule has 0 saturated carbocycles.